The fourth-order valence-electron chi connectivity index (χ4n) is 2.44. The molecule has 2 aromatic rings. The fourth-order valence-corrected chi connectivity index (χ4v) is 2.57. The van der Waals surface area contributed by atoms with Gasteiger partial charge in [0.05, 0.1) is 12.6 Å². The normalized spacial score (nSPS) is 11.6. The third-order valence-corrected chi connectivity index (χ3v) is 4.04. The van der Waals surface area contributed by atoms with Gasteiger partial charge < -0.3 is 10.1 Å². The van der Waals surface area contributed by atoms with Crippen LogP contribution in [0.2, 0.25) is 5.02 Å². The number of rotatable bonds is 8. The summed E-state index contributed by atoms with van der Waals surface area (Å²) >= 11 is 5.81. The van der Waals surface area contributed by atoms with Crippen LogP contribution >= 0.6 is 11.6 Å². The largest absolute Gasteiger partial charge is 0.494 e. The van der Waals surface area contributed by atoms with Gasteiger partial charge in [-0.1, -0.05) is 23.7 Å². The van der Waals surface area contributed by atoms with Crippen LogP contribution in [0.4, 0.5) is 0 Å². The van der Waals surface area contributed by atoms with Gasteiger partial charge in [0.1, 0.15) is 5.75 Å². The van der Waals surface area contributed by atoms with Gasteiger partial charge >= 0.3 is 0 Å². The maximum absolute atomic E-state index is 12.1. The van der Waals surface area contributed by atoms with Gasteiger partial charge in [0.15, 0.2) is 5.78 Å². The van der Waals surface area contributed by atoms with E-state index < -0.39 is 0 Å². The zero-order valence-corrected chi connectivity index (χ0v) is 15.2. The molecule has 25 heavy (non-hydrogen) atoms. The minimum Gasteiger partial charge on any atom is -0.494 e. The molecule has 4 nitrogen and oxygen atoms in total. The molecule has 0 fully saturated rings. The number of nitrogens with one attached hydrogen (secondary N) is 1. The molecule has 1 atom stereocenters. The molecule has 0 spiro atoms. The maximum Gasteiger partial charge on any atom is 0.220 e. The molecule has 0 bridgehead atoms. The van der Waals surface area contributed by atoms with Crippen LogP contribution < -0.4 is 10.1 Å². The Morgan fingerprint density at radius 3 is 2.52 bits per heavy atom. The first-order chi connectivity index (χ1) is 12.0. The van der Waals surface area contributed by atoms with Gasteiger partial charge in [0, 0.05) is 23.4 Å². The van der Waals surface area contributed by atoms with Gasteiger partial charge in [0.2, 0.25) is 5.91 Å². The monoisotopic (exact) mass is 359 g/mol. The second-order valence-electron chi connectivity index (χ2n) is 5.72. The minimum absolute atomic E-state index is 0.0715. The molecule has 0 aromatic heterocycles. The van der Waals surface area contributed by atoms with Crippen molar-refractivity contribution in [3.8, 4) is 5.75 Å². The number of amides is 1. The van der Waals surface area contributed by atoms with Crippen molar-refractivity contribution in [2.75, 3.05) is 6.61 Å². The van der Waals surface area contributed by atoms with Crippen molar-refractivity contribution in [1.29, 1.82) is 0 Å². The molecule has 2 rings (SSSR count). The summed E-state index contributed by atoms with van der Waals surface area (Å²) in [5, 5.41) is 3.49. The molecule has 132 valence electrons. The Hall–Kier alpha value is -2.33. The summed E-state index contributed by atoms with van der Waals surface area (Å²) < 4.78 is 5.47. The van der Waals surface area contributed by atoms with E-state index in [0.29, 0.717) is 17.2 Å². The summed E-state index contributed by atoms with van der Waals surface area (Å²) in [4.78, 5) is 24.2. The van der Waals surface area contributed by atoms with E-state index in [2.05, 4.69) is 5.32 Å². The molecule has 2 aromatic carbocycles. The molecule has 1 amide bonds. The fraction of sp³-hybridized carbons (Fsp3) is 0.300. The molecule has 0 aliphatic carbocycles. The van der Waals surface area contributed by atoms with Crippen molar-refractivity contribution in [1.82, 2.24) is 5.32 Å². The number of hydrogen-bond acceptors (Lipinski definition) is 3. The Labute approximate surface area is 153 Å². The van der Waals surface area contributed by atoms with Gasteiger partial charge in [-0.2, -0.15) is 0 Å². The van der Waals surface area contributed by atoms with Crippen molar-refractivity contribution in [2.24, 2.45) is 0 Å². The Morgan fingerprint density at radius 2 is 1.84 bits per heavy atom. The number of ether oxygens (including phenoxy) is 1. The van der Waals surface area contributed by atoms with Crippen LogP contribution in [-0.4, -0.2) is 18.3 Å². The van der Waals surface area contributed by atoms with Crippen LogP contribution in [-0.2, 0) is 4.79 Å². The van der Waals surface area contributed by atoms with Gasteiger partial charge in [0.25, 0.3) is 0 Å². The molecule has 5 heteroatoms. The SMILES string of the molecule is CCOc1cccc(C(C)NC(=O)CCC(=O)c2ccc(Cl)cc2)c1. The summed E-state index contributed by atoms with van der Waals surface area (Å²) in [5.41, 5.74) is 1.53. The van der Waals surface area contributed by atoms with Crippen LogP contribution in [0.5, 0.6) is 5.75 Å². The Balaban J connectivity index is 1.86. The van der Waals surface area contributed by atoms with E-state index in [4.69, 9.17) is 16.3 Å². The number of Topliss-reactive ketones (excluding diaryl/α,β-unsaturated/α-hetero) is 1. The average Bonchev–Trinajstić information content (AvgIpc) is 2.61. The maximum atomic E-state index is 12.1. The van der Waals surface area contributed by atoms with Gasteiger partial charge in [-0.15, -0.1) is 0 Å². The second-order valence-corrected chi connectivity index (χ2v) is 6.16. The second kappa shape index (κ2) is 9.23. The number of ketones is 1. The third-order valence-electron chi connectivity index (χ3n) is 3.79. The van der Waals surface area contributed by atoms with Crippen LogP contribution in [0.25, 0.3) is 0 Å². The molecule has 0 saturated carbocycles. The molecule has 0 radical (unpaired) electrons. The van der Waals surface area contributed by atoms with Crippen molar-refractivity contribution in [2.45, 2.75) is 32.7 Å². The zero-order chi connectivity index (χ0) is 18.2. The number of hydrogen-bond donors (Lipinski definition) is 1. The van der Waals surface area contributed by atoms with E-state index in [1.54, 1.807) is 24.3 Å². The van der Waals surface area contributed by atoms with Crippen LogP contribution in [0.15, 0.2) is 48.5 Å². The topological polar surface area (TPSA) is 55.4 Å². The summed E-state index contributed by atoms with van der Waals surface area (Å²) in [6.07, 6.45) is 0.316. The summed E-state index contributed by atoms with van der Waals surface area (Å²) in [7, 11) is 0. The highest BCUT2D eigenvalue weighted by atomic mass is 35.5. The van der Waals surface area contributed by atoms with Gasteiger partial charge in [-0.3, -0.25) is 9.59 Å². The summed E-state index contributed by atoms with van der Waals surface area (Å²) in [6.45, 7) is 4.43. The van der Waals surface area contributed by atoms with Crippen LogP contribution in [0.3, 0.4) is 0 Å². The molecular weight excluding hydrogens is 338 g/mol. The highest BCUT2D eigenvalue weighted by molar-refractivity contribution is 6.30. The lowest BCUT2D eigenvalue weighted by Crippen LogP contribution is -2.27. The van der Waals surface area contributed by atoms with Crippen molar-refractivity contribution >= 4 is 23.3 Å². The lowest BCUT2D eigenvalue weighted by Gasteiger charge is -2.15. The Morgan fingerprint density at radius 1 is 1.12 bits per heavy atom. The van der Waals surface area contributed by atoms with Crippen molar-refractivity contribution in [3.63, 3.8) is 0 Å². The van der Waals surface area contributed by atoms with E-state index in [1.807, 2.05) is 38.1 Å². The molecule has 1 N–H and O–H groups in total. The molecular formula is C20H22ClNO3. The summed E-state index contributed by atoms with van der Waals surface area (Å²) in [6, 6.07) is 14.1. The lowest BCUT2D eigenvalue weighted by atomic mass is 10.1. The van der Waals surface area contributed by atoms with Gasteiger partial charge in [-0.05, 0) is 55.8 Å². The number of benzene rings is 2. The third kappa shape index (κ3) is 5.91. The van der Waals surface area contributed by atoms with Gasteiger partial charge in [-0.25, -0.2) is 0 Å². The summed E-state index contributed by atoms with van der Waals surface area (Å²) in [5.74, 6) is 0.549. The average molecular weight is 360 g/mol. The first-order valence-corrected chi connectivity index (χ1v) is 8.68. The number of halogens is 1. The number of carbonyl (C=O) groups excluding carboxylic acids is 2. The zero-order valence-electron chi connectivity index (χ0n) is 14.4. The standard InChI is InChI=1S/C20H22ClNO3/c1-3-25-18-6-4-5-16(13-18)14(2)22-20(24)12-11-19(23)15-7-9-17(21)10-8-15/h4-10,13-14H,3,11-12H2,1-2H3,(H,22,24). The first kappa shape index (κ1) is 19.0. The Kier molecular flexibility index (Phi) is 7.02. The quantitative estimate of drug-likeness (QED) is 0.702. The van der Waals surface area contributed by atoms with E-state index >= 15 is 0 Å². The lowest BCUT2D eigenvalue weighted by molar-refractivity contribution is -0.121. The van der Waals surface area contributed by atoms with Crippen LogP contribution in [0, 0.1) is 0 Å². The predicted molar refractivity (Wildman–Crippen MR) is 99.2 cm³/mol. The van der Waals surface area contributed by atoms with E-state index in [-0.39, 0.29) is 30.6 Å². The predicted octanol–water partition coefficient (Wildman–Crippen LogP) is 4.58. The smallest absolute Gasteiger partial charge is 0.220 e. The highest BCUT2D eigenvalue weighted by Crippen LogP contribution is 2.19. The van der Waals surface area contributed by atoms with Crippen molar-refractivity contribution in [3.05, 3.63) is 64.7 Å². The first-order valence-electron chi connectivity index (χ1n) is 8.30. The Bertz CT molecular complexity index is 728. The van der Waals surface area contributed by atoms with E-state index in [1.165, 1.54) is 0 Å². The van der Waals surface area contributed by atoms with Crippen molar-refractivity contribution < 1.29 is 14.3 Å². The molecule has 0 saturated heterocycles. The minimum atomic E-state index is -0.156. The highest BCUT2D eigenvalue weighted by Gasteiger charge is 2.13. The van der Waals surface area contributed by atoms with E-state index in [9.17, 15) is 9.59 Å². The molecule has 1 unspecified atom stereocenters. The number of carbonyl (C=O) groups is 2. The van der Waals surface area contributed by atoms with E-state index in [0.717, 1.165) is 11.3 Å². The van der Waals surface area contributed by atoms with Crippen LogP contribution in [0.1, 0.15) is 48.7 Å². The molecule has 0 aliphatic rings. The molecule has 0 heterocycles. The molecule has 0 aliphatic heterocycles.